The summed E-state index contributed by atoms with van der Waals surface area (Å²) in [6.45, 7) is 1.81. The number of carbonyl (C=O) groups excluding carboxylic acids is 3. The van der Waals surface area contributed by atoms with Crippen LogP contribution in [0.15, 0.2) is 71.1 Å². The van der Waals surface area contributed by atoms with Gasteiger partial charge in [0.2, 0.25) is 0 Å². The summed E-state index contributed by atoms with van der Waals surface area (Å²) in [6, 6.07) is 14.5. The summed E-state index contributed by atoms with van der Waals surface area (Å²) in [5, 5.41) is 3.31. The summed E-state index contributed by atoms with van der Waals surface area (Å²) < 4.78 is 15.4. The maximum absolute atomic E-state index is 13.6. The van der Waals surface area contributed by atoms with Crippen LogP contribution in [0.5, 0.6) is 5.75 Å². The van der Waals surface area contributed by atoms with E-state index in [9.17, 15) is 14.4 Å². The van der Waals surface area contributed by atoms with E-state index in [1.165, 1.54) is 14.2 Å². The van der Waals surface area contributed by atoms with Crippen LogP contribution in [0, 0.1) is 0 Å². The maximum Gasteiger partial charge on any atom is 0.337 e. The van der Waals surface area contributed by atoms with Gasteiger partial charge in [-0.15, -0.1) is 0 Å². The Bertz CT molecular complexity index is 1210. The first-order valence-corrected chi connectivity index (χ1v) is 11.0. The zero-order valence-corrected chi connectivity index (χ0v) is 19.6. The lowest BCUT2D eigenvalue weighted by Crippen LogP contribution is -2.36. The molecule has 0 saturated heterocycles. The molecule has 7 nitrogen and oxygen atoms in total. The molecule has 4 rings (SSSR count). The van der Waals surface area contributed by atoms with Gasteiger partial charge in [0, 0.05) is 35.2 Å². The van der Waals surface area contributed by atoms with Crippen molar-refractivity contribution in [2.45, 2.75) is 31.6 Å². The molecule has 1 N–H and O–H groups in total. The third kappa shape index (κ3) is 4.09. The van der Waals surface area contributed by atoms with Crippen molar-refractivity contribution in [3.63, 3.8) is 0 Å². The number of methoxy groups -OCH3 is 3. The number of hydrogen-bond acceptors (Lipinski definition) is 7. The Balaban J connectivity index is 1.79. The van der Waals surface area contributed by atoms with E-state index in [0.29, 0.717) is 35.2 Å². The van der Waals surface area contributed by atoms with Crippen molar-refractivity contribution in [1.82, 2.24) is 5.32 Å². The third-order valence-corrected chi connectivity index (χ3v) is 6.48. The number of esters is 2. The summed E-state index contributed by atoms with van der Waals surface area (Å²) in [6.07, 6.45) is 0.898. The van der Waals surface area contributed by atoms with Crippen molar-refractivity contribution < 1.29 is 28.6 Å². The van der Waals surface area contributed by atoms with E-state index in [4.69, 9.17) is 14.2 Å². The normalized spacial score (nSPS) is 19.8. The molecule has 0 amide bonds. The standard InChI is InChI=1S/C27H27NO6/c1-15-23(27(31)34-4)24(16-9-11-17(12-10-16)26(30)33-3)25-20(28-15)13-18(14-21(25)29)19-7-5-6-8-22(19)32-2/h5-12,18,24,28H,13-14H2,1-4H3/t18-,24+/m0/s1. The van der Waals surface area contributed by atoms with Gasteiger partial charge in [-0.1, -0.05) is 30.3 Å². The molecular weight excluding hydrogens is 434 g/mol. The highest BCUT2D eigenvalue weighted by molar-refractivity contribution is 6.04. The van der Waals surface area contributed by atoms with Crippen LogP contribution in [-0.4, -0.2) is 39.1 Å². The van der Waals surface area contributed by atoms with Crippen LogP contribution >= 0.6 is 0 Å². The number of carbonyl (C=O) groups is 3. The molecule has 34 heavy (non-hydrogen) atoms. The molecule has 0 unspecified atom stereocenters. The van der Waals surface area contributed by atoms with Crippen molar-refractivity contribution in [3.05, 3.63) is 87.8 Å². The fourth-order valence-electron chi connectivity index (χ4n) is 4.91. The van der Waals surface area contributed by atoms with Crippen LogP contribution in [0.3, 0.4) is 0 Å². The average molecular weight is 462 g/mol. The van der Waals surface area contributed by atoms with Crippen molar-refractivity contribution in [2.75, 3.05) is 21.3 Å². The Morgan fingerprint density at radius 1 is 0.912 bits per heavy atom. The van der Waals surface area contributed by atoms with Crippen molar-refractivity contribution in [3.8, 4) is 5.75 Å². The van der Waals surface area contributed by atoms with Gasteiger partial charge in [0.25, 0.3) is 0 Å². The number of hydrogen-bond donors (Lipinski definition) is 1. The number of benzene rings is 2. The van der Waals surface area contributed by atoms with Gasteiger partial charge in [-0.25, -0.2) is 9.59 Å². The lowest BCUT2D eigenvalue weighted by atomic mass is 9.71. The molecular formula is C27H27NO6. The van der Waals surface area contributed by atoms with E-state index in [1.807, 2.05) is 31.2 Å². The molecule has 1 aliphatic heterocycles. The van der Waals surface area contributed by atoms with Gasteiger partial charge in [0.1, 0.15) is 5.75 Å². The fourth-order valence-corrected chi connectivity index (χ4v) is 4.91. The Morgan fingerprint density at radius 2 is 1.59 bits per heavy atom. The van der Waals surface area contributed by atoms with Gasteiger partial charge in [0.05, 0.1) is 32.5 Å². The lowest BCUT2D eigenvalue weighted by molar-refractivity contribution is -0.136. The molecule has 7 heteroatoms. The highest BCUT2D eigenvalue weighted by Crippen LogP contribution is 2.46. The largest absolute Gasteiger partial charge is 0.496 e. The number of ether oxygens (including phenoxy) is 3. The molecule has 1 heterocycles. The molecule has 1 aliphatic carbocycles. The molecule has 0 spiro atoms. The van der Waals surface area contributed by atoms with Gasteiger partial charge in [-0.2, -0.15) is 0 Å². The number of ketones is 1. The predicted molar refractivity (Wildman–Crippen MR) is 125 cm³/mol. The zero-order chi connectivity index (χ0) is 24.4. The Hall–Kier alpha value is -3.87. The van der Waals surface area contributed by atoms with Crippen LogP contribution in [0.1, 0.15) is 53.1 Å². The number of allylic oxidation sites excluding steroid dienone is 3. The highest BCUT2D eigenvalue weighted by Gasteiger charge is 2.41. The van der Waals surface area contributed by atoms with E-state index in [2.05, 4.69) is 5.32 Å². The van der Waals surface area contributed by atoms with Crippen molar-refractivity contribution in [1.29, 1.82) is 0 Å². The van der Waals surface area contributed by atoms with Crippen LogP contribution in [0.25, 0.3) is 0 Å². The van der Waals surface area contributed by atoms with E-state index >= 15 is 0 Å². The Morgan fingerprint density at radius 3 is 2.24 bits per heavy atom. The molecule has 0 fully saturated rings. The number of nitrogens with one attached hydrogen (secondary N) is 1. The zero-order valence-electron chi connectivity index (χ0n) is 19.6. The minimum absolute atomic E-state index is 0.0411. The summed E-state index contributed by atoms with van der Waals surface area (Å²) in [7, 11) is 4.27. The summed E-state index contributed by atoms with van der Waals surface area (Å²) in [5.41, 5.74) is 4.47. The molecule has 2 aliphatic rings. The Labute approximate surface area is 198 Å². The van der Waals surface area contributed by atoms with E-state index in [-0.39, 0.29) is 11.7 Å². The lowest BCUT2D eigenvalue weighted by Gasteiger charge is -2.36. The van der Waals surface area contributed by atoms with Gasteiger partial charge >= 0.3 is 11.9 Å². The first kappa shape index (κ1) is 23.3. The van der Waals surface area contributed by atoms with Gasteiger partial charge in [-0.3, -0.25) is 4.79 Å². The molecule has 2 atom stereocenters. The van der Waals surface area contributed by atoms with Crippen LogP contribution < -0.4 is 10.1 Å². The maximum atomic E-state index is 13.6. The quantitative estimate of drug-likeness (QED) is 0.673. The number of rotatable bonds is 5. The highest BCUT2D eigenvalue weighted by atomic mass is 16.5. The molecule has 0 bridgehead atoms. The fraction of sp³-hybridized carbons (Fsp3) is 0.296. The molecule has 0 radical (unpaired) electrons. The second-order valence-electron chi connectivity index (χ2n) is 8.36. The predicted octanol–water partition coefficient (Wildman–Crippen LogP) is 4.02. The Kier molecular flexibility index (Phi) is 6.54. The van der Waals surface area contributed by atoms with E-state index in [1.54, 1.807) is 31.4 Å². The first-order chi connectivity index (χ1) is 16.4. The van der Waals surface area contributed by atoms with Crippen LogP contribution in [0.2, 0.25) is 0 Å². The average Bonchev–Trinajstić information content (AvgIpc) is 2.86. The van der Waals surface area contributed by atoms with E-state index < -0.39 is 17.9 Å². The van der Waals surface area contributed by atoms with Crippen LogP contribution in [0.4, 0.5) is 0 Å². The minimum Gasteiger partial charge on any atom is -0.496 e. The second-order valence-corrected chi connectivity index (χ2v) is 8.36. The van der Waals surface area contributed by atoms with Gasteiger partial charge in [0.15, 0.2) is 5.78 Å². The topological polar surface area (TPSA) is 90.9 Å². The minimum atomic E-state index is -0.596. The number of para-hydroxylation sites is 1. The molecule has 0 aromatic heterocycles. The molecule has 176 valence electrons. The molecule has 0 saturated carbocycles. The molecule has 2 aromatic rings. The van der Waals surface area contributed by atoms with Crippen molar-refractivity contribution in [2.24, 2.45) is 0 Å². The second kappa shape index (κ2) is 9.55. The van der Waals surface area contributed by atoms with Gasteiger partial charge < -0.3 is 19.5 Å². The third-order valence-electron chi connectivity index (χ3n) is 6.48. The van der Waals surface area contributed by atoms with Crippen LogP contribution in [-0.2, 0) is 19.1 Å². The summed E-state index contributed by atoms with van der Waals surface area (Å²) >= 11 is 0. The molecule has 2 aromatic carbocycles. The van der Waals surface area contributed by atoms with Crippen molar-refractivity contribution >= 4 is 17.7 Å². The van der Waals surface area contributed by atoms with E-state index in [0.717, 1.165) is 22.6 Å². The SMILES string of the molecule is COC(=O)C1=C(C)NC2=C(C(=O)C[C@@H](c3ccccc3OC)C2)[C@@H]1c1ccc(C(=O)OC)cc1. The first-order valence-electron chi connectivity index (χ1n) is 11.0. The number of dihydropyridines is 1. The summed E-state index contributed by atoms with van der Waals surface area (Å²) in [4.78, 5) is 38.3. The number of Topliss-reactive ketones (excluding diaryl/α,β-unsaturated/α-hetero) is 1. The summed E-state index contributed by atoms with van der Waals surface area (Å²) in [5.74, 6) is -0.896. The monoisotopic (exact) mass is 461 g/mol. The smallest absolute Gasteiger partial charge is 0.337 e. The van der Waals surface area contributed by atoms with Gasteiger partial charge in [-0.05, 0) is 42.7 Å².